The van der Waals surface area contributed by atoms with Crippen LogP contribution in [0.3, 0.4) is 0 Å². The third-order valence-electron chi connectivity index (χ3n) is 5.90. The minimum atomic E-state index is 0.313. The highest BCUT2D eigenvalue weighted by Crippen LogP contribution is 2.37. The molecule has 1 aliphatic carbocycles. The van der Waals surface area contributed by atoms with E-state index in [2.05, 4.69) is 57.2 Å². The van der Waals surface area contributed by atoms with E-state index in [0.29, 0.717) is 12.0 Å². The van der Waals surface area contributed by atoms with Crippen molar-refractivity contribution in [1.82, 2.24) is 0 Å². The van der Waals surface area contributed by atoms with Crippen LogP contribution >= 0.6 is 0 Å². The SMILES string of the molecule is C/C=C/CC[C@H]1CC[C@H](c2ccc(C3=N[C@@H](C(C)C)CO3)cc2)CC1. The molecule has 1 heterocycles. The Morgan fingerprint density at radius 3 is 2.44 bits per heavy atom. The van der Waals surface area contributed by atoms with Crippen LogP contribution in [0.25, 0.3) is 0 Å². The van der Waals surface area contributed by atoms with Crippen LogP contribution in [-0.4, -0.2) is 18.5 Å². The molecule has 0 spiro atoms. The van der Waals surface area contributed by atoms with E-state index in [1.807, 2.05) is 0 Å². The van der Waals surface area contributed by atoms with E-state index in [-0.39, 0.29) is 0 Å². The summed E-state index contributed by atoms with van der Waals surface area (Å²) in [4.78, 5) is 4.73. The summed E-state index contributed by atoms with van der Waals surface area (Å²) in [6.07, 6.45) is 12.5. The second kappa shape index (κ2) is 8.69. The number of hydrogen-bond donors (Lipinski definition) is 0. The van der Waals surface area contributed by atoms with Crippen LogP contribution < -0.4 is 0 Å². The smallest absolute Gasteiger partial charge is 0.216 e. The fraction of sp³-hybridized carbons (Fsp3) is 0.609. The summed E-state index contributed by atoms with van der Waals surface area (Å²) in [6, 6.07) is 9.32. The minimum Gasteiger partial charge on any atom is -0.475 e. The summed E-state index contributed by atoms with van der Waals surface area (Å²) in [7, 11) is 0. The second-order valence-electron chi connectivity index (χ2n) is 8.04. The third-order valence-corrected chi connectivity index (χ3v) is 5.90. The van der Waals surface area contributed by atoms with E-state index in [1.54, 1.807) is 0 Å². The average molecular weight is 340 g/mol. The van der Waals surface area contributed by atoms with Crippen LogP contribution in [0.1, 0.15) is 76.3 Å². The molecule has 0 saturated heterocycles. The molecule has 1 saturated carbocycles. The number of rotatable bonds is 6. The van der Waals surface area contributed by atoms with Gasteiger partial charge in [-0.15, -0.1) is 0 Å². The molecule has 25 heavy (non-hydrogen) atoms. The van der Waals surface area contributed by atoms with Gasteiger partial charge in [-0.25, -0.2) is 4.99 Å². The summed E-state index contributed by atoms with van der Waals surface area (Å²) in [5, 5.41) is 0. The van der Waals surface area contributed by atoms with Crippen molar-refractivity contribution >= 4 is 5.90 Å². The Labute approximate surface area is 153 Å². The summed E-state index contributed by atoms with van der Waals surface area (Å²) in [6.45, 7) is 7.26. The molecule has 0 N–H and O–H groups in total. The molecule has 0 amide bonds. The number of allylic oxidation sites excluding steroid dienone is 2. The van der Waals surface area contributed by atoms with Crippen LogP contribution in [0, 0.1) is 11.8 Å². The van der Waals surface area contributed by atoms with Gasteiger partial charge in [0.05, 0.1) is 6.04 Å². The zero-order chi connectivity index (χ0) is 17.6. The fourth-order valence-corrected chi connectivity index (χ4v) is 4.07. The zero-order valence-corrected chi connectivity index (χ0v) is 16.1. The van der Waals surface area contributed by atoms with E-state index in [4.69, 9.17) is 9.73 Å². The Balaban J connectivity index is 1.54. The molecule has 0 aromatic heterocycles. The van der Waals surface area contributed by atoms with Crippen LogP contribution in [0.2, 0.25) is 0 Å². The van der Waals surface area contributed by atoms with E-state index in [0.717, 1.165) is 29.9 Å². The molecule has 3 rings (SSSR count). The first-order valence-corrected chi connectivity index (χ1v) is 10.1. The van der Waals surface area contributed by atoms with Gasteiger partial charge < -0.3 is 4.74 Å². The number of aliphatic imine (C=N–C) groups is 1. The lowest BCUT2D eigenvalue weighted by Gasteiger charge is -2.28. The Hall–Kier alpha value is -1.57. The lowest BCUT2D eigenvalue weighted by Crippen LogP contribution is -2.13. The van der Waals surface area contributed by atoms with Gasteiger partial charge in [-0.3, -0.25) is 0 Å². The summed E-state index contributed by atoms with van der Waals surface area (Å²) in [5.74, 6) is 3.04. The molecule has 136 valence electrons. The van der Waals surface area contributed by atoms with Crippen LogP contribution in [0.15, 0.2) is 41.4 Å². The molecule has 0 bridgehead atoms. The molecule has 0 unspecified atom stereocenters. The number of ether oxygens (including phenoxy) is 1. The predicted molar refractivity (Wildman–Crippen MR) is 106 cm³/mol. The van der Waals surface area contributed by atoms with Crippen molar-refractivity contribution in [3.63, 3.8) is 0 Å². The number of nitrogens with zero attached hydrogens (tertiary/aromatic N) is 1. The molecule has 2 aliphatic rings. The van der Waals surface area contributed by atoms with Crippen molar-refractivity contribution in [2.75, 3.05) is 6.61 Å². The first kappa shape index (κ1) is 18.2. The second-order valence-corrected chi connectivity index (χ2v) is 8.04. The van der Waals surface area contributed by atoms with E-state index in [9.17, 15) is 0 Å². The van der Waals surface area contributed by atoms with Gasteiger partial charge in [0, 0.05) is 5.56 Å². The van der Waals surface area contributed by atoms with Gasteiger partial charge in [-0.05, 0) is 80.9 Å². The van der Waals surface area contributed by atoms with Gasteiger partial charge in [0.25, 0.3) is 0 Å². The normalized spacial score (nSPS) is 26.9. The lowest BCUT2D eigenvalue weighted by molar-refractivity contribution is 0.292. The van der Waals surface area contributed by atoms with Crippen LogP contribution in [-0.2, 0) is 4.74 Å². The minimum absolute atomic E-state index is 0.313. The average Bonchev–Trinajstić information content (AvgIpc) is 3.13. The van der Waals surface area contributed by atoms with E-state index < -0.39 is 0 Å². The van der Waals surface area contributed by atoms with Crippen LogP contribution in [0.5, 0.6) is 0 Å². The molecular formula is C23H33NO. The molecule has 0 radical (unpaired) electrons. The fourth-order valence-electron chi connectivity index (χ4n) is 4.07. The van der Waals surface area contributed by atoms with Crippen molar-refractivity contribution in [2.24, 2.45) is 16.8 Å². The number of benzene rings is 1. The summed E-state index contributed by atoms with van der Waals surface area (Å²) >= 11 is 0. The topological polar surface area (TPSA) is 21.6 Å². The number of hydrogen-bond acceptors (Lipinski definition) is 2. The Morgan fingerprint density at radius 1 is 1.12 bits per heavy atom. The largest absolute Gasteiger partial charge is 0.475 e. The highest BCUT2D eigenvalue weighted by molar-refractivity contribution is 5.95. The molecule has 1 atom stereocenters. The maximum absolute atomic E-state index is 5.80. The Morgan fingerprint density at radius 2 is 1.84 bits per heavy atom. The molecule has 1 fully saturated rings. The molecule has 1 aliphatic heterocycles. The standard InChI is InChI=1S/C23H33NO/c1-4-5-6-7-18-8-10-19(11-9-18)20-12-14-21(15-13-20)23-24-22(16-25-23)17(2)3/h4-5,12-15,17-19,22H,6-11,16H2,1-3H3/b5-4+/t18-,19-,22-/m1/s1. The van der Waals surface area contributed by atoms with E-state index >= 15 is 0 Å². The first-order chi connectivity index (χ1) is 12.2. The molecule has 2 heteroatoms. The van der Waals surface area contributed by atoms with Gasteiger partial charge in [0.15, 0.2) is 0 Å². The summed E-state index contributed by atoms with van der Waals surface area (Å²) in [5.41, 5.74) is 2.63. The predicted octanol–water partition coefficient (Wildman–Crippen LogP) is 6.12. The molecule has 1 aromatic carbocycles. The van der Waals surface area contributed by atoms with Gasteiger partial charge in [0.1, 0.15) is 6.61 Å². The highest BCUT2D eigenvalue weighted by Gasteiger charge is 2.24. The van der Waals surface area contributed by atoms with Gasteiger partial charge in [-0.1, -0.05) is 38.1 Å². The van der Waals surface area contributed by atoms with E-state index in [1.165, 1.54) is 44.1 Å². The van der Waals surface area contributed by atoms with Gasteiger partial charge in [0.2, 0.25) is 5.90 Å². The van der Waals surface area contributed by atoms with Crippen molar-refractivity contribution in [2.45, 2.75) is 71.3 Å². The maximum Gasteiger partial charge on any atom is 0.216 e. The van der Waals surface area contributed by atoms with Gasteiger partial charge >= 0.3 is 0 Å². The lowest BCUT2D eigenvalue weighted by atomic mass is 9.77. The highest BCUT2D eigenvalue weighted by atomic mass is 16.5. The van der Waals surface area contributed by atoms with Crippen molar-refractivity contribution in [1.29, 1.82) is 0 Å². The van der Waals surface area contributed by atoms with Crippen molar-refractivity contribution in [3.8, 4) is 0 Å². The van der Waals surface area contributed by atoms with Gasteiger partial charge in [-0.2, -0.15) is 0 Å². The monoisotopic (exact) mass is 339 g/mol. The van der Waals surface area contributed by atoms with Crippen molar-refractivity contribution < 1.29 is 4.74 Å². The summed E-state index contributed by atoms with van der Waals surface area (Å²) < 4.78 is 5.80. The van der Waals surface area contributed by atoms with Crippen molar-refractivity contribution in [3.05, 3.63) is 47.5 Å². The van der Waals surface area contributed by atoms with Crippen LogP contribution in [0.4, 0.5) is 0 Å². The maximum atomic E-state index is 5.80. The third kappa shape index (κ3) is 4.74. The first-order valence-electron chi connectivity index (χ1n) is 10.1. The molecule has 1 aromatic rings. The Kier molecular flexibility index (Phi) is 6.34. The molecule has 2 nitrogen and oxygen atoms in total. The Bertz CT molecular complexity index is 591. The molecular weight excluding hydrogens is 306 g/mol. The quantitative estimate of drug-likeness (QED) is 0.572. The zero-order valence-electron chi connectivity index (χ0n) is 16.1.